The van der Waals surface area contributed by atoms with Gasteiger partial charge < -0.3 is 10.3 Å². The van der Waals surface area contributed by atoms with Gasteiger partial charge in [-0.05, 0) is 30.7 Å². The summed E-state index contributed by atoms with van der Waals surface area (Å²) < 4.78 is 75.1. The summed E-state index contributed by atoms with van der Waals surface area (Å²) in [6, 6.07) is 3.05. The predicted octanol–water partition coefficient (Wildman–Crippen LogP) is 4.18. The maximum Gasteiger partial charge on any atom is 0.416 e. The normalized spacial score (nSPS) is 12.6. The van der Waals surface area contributed by atoms with Crippen molar-refractivity contribution in [1.82, 2.24) is 20.5 Å². The third-order valence-electron chi connectivity index (χ3n) is 3.96. The van der Waals surface area contributed by atoms with E-state index in [9.17, 15) is 31.1 Å². The van der Waals surface area contributed by atoms with Crippen LogP contribution in [0.3, 0.4) is 0 Å². The number of hydrogen-bond donors (Lipinski definition) is 3. The first kappa shape index (κ1) is 18.8. The Labute approximate surface area is 147 Å². The average molecular weight is 390 g/mol. The molecule has 0 bridgehead atoms. The number of aromatic amines is 2. The van der Waals surface area contributed by atoms with E-state index in [1.54, 1.807) is 5.32 Å². The number of fused-ring (bicyclic) bond motifs is 1. The first-order valence-corrected chi connectivity index (χ1v) is 7.56. The van der Waals surface area contributed by atoms with Gasteiger partial charge in [0, 0.05) is 17.1 Å². The zero-order valence-electron chi connectivity index (χ0n) is 13.6. The van der Waals surface area contributed by atoms with Crippen molar-refractivity contribution in [2.45, 2.75) is 19.3 Å². The number of carbonyl (C=O) groups is 1. The van der Waals surface area contributed by atoms with Gasteiger partial charge in [-0.25, -0.2) is 0 Å². The van der Waals surface area contributed by atoms with E-state index in [1.165, 1.54) is 19.2 Å². The molecule has 0 saturated carbocycles. The second-order valence-electron chi connectivity index (χ2n) is 5.83. The molecular formula is C16H12F6N4O. The highest BCUT2D eigenvalue weighted by Crippen LogP contribution is 2.35. The summed E-state index contributed by atoms with van der Waals surface area (Å²) >= 11 is 0. The number of H-pyrrole nitrogens is 2. The molecule has 0 aliphatic rings. The minimum absolute atomic E-state index is 0.0858. The van der Waals surface area contributed by atoms with Crippen LogP contribution in [0.2, 0.25) is 0 Å². The van der Waals surface area contributed by atoms with E-state index < -0.39 is 30.4 Å². The molecule has 1 amide bonds. The van der Waals surface area contributed by atoms with Crippen LogP contribution >= 0.6 is 0 Å². The number of carbonyl (C=O) groups excluding carboxylic acids is 1. The molecule has 0 fully saturated rings. The largest absolute Gasteiger partial charge is 0.416 e. The van der Waals surface area contributed by atoms with E-state index >= 15 is 0 Å². The van der Waals surface area contributed by atoms with Crippen LogP contribution in [0.4, 0.5) is 26.3 Å². The van der Waals surface area contributed by atoms with Crippen molar-refractivity contribution >= 4 is 16.8 Å². The van der Waals surface area contributed by atoms with Gasteiger partial charge in [-0.1, -0.05) is 0 Å². The minimum Gasteiger partial charge on any atom is -0.356 e. The Kier molecular flexibility index (Phi) is 4.40. The molecular weight excluding hydrogens is 378 g/mol. The molecule has 3 aromatic rings. The summed E-state index contributed by atoms with van der Waals surface area (Å²) in [4.78, 5) is 14.5. The molecule has 5 nitrogen and oxygen atoms in total. The van der Waals surface area contributed by atoms with Crippen molar-refractivity contribution in [2.75, 3.05) is 6.54 Å². The number of halogens is 6. The van der Waals surface area contributed by atoms with Gasteiger partial charge in [-0.2, -0.15) is 31.4 Å². The maximum atomic E-state index is 12.8. The number of amides is 1. The van der Waals surface area contributed by atoms with Gasteiger partial charge in [0.05, 0.1) is 11.1 Å². The van der Waals surface area contributed by atoms with Gasteiger partial charge in [0.2, 0.25) is 0 Å². The highest BCUT2D eigenvalue weighted by Gasteiger charge is 2.31. The van der Waals surface area contributed by atoms with Crippen LogP contribution in [0.15, 0.2) is 24.4 Å². The fourth-order valence-electron chi connectivity index (χ4n) is 2.65. The first-order chi connectivity index (χ1) is 12.5. The van der Waals surface area contributed by atoms with Crippen molar-refractivity contribution < 1.29 is 31.1 Å². The van der Waals surface area contributed by atoms with Crippen molar-refractivity contribution in [3.63, 3.8) is 0 Å². The molecule has 2 aromatic heterocycles. The third kappa shape index (κ3) is 3.76. The lowest BCUT2D eigenvalue weighted by Crippen LogP contribution is -2.34. The minimum atomic E-state index is -4.55. The van der Waals surface area contributed by atoms with Gasteiger partial charge in [0.15, 0.2) is 0 Å². The van der Waals surface area contributed by atoms with Crippen LogP contribution in [0.5, 0.6) is 0 Å². The Morgan fingerprint density at radius 1 is 1.19 bits per heavy atom. The first-order valence-electron chi connectivity index (χ1n) is 7.56. The molecule has 0 aliphatic heterocycles. The summed E-state index contributed by atoms with van der Waals surface area (Å²) in [5.74, 6) is -0.949. The number of nitrogens with zero attached hydrogens (tertiary/aromatic N) is 1. The molecule has 3 N–H and O–H groups in total. The highest BCUT2D eigenvalue weighted by atomic mass is 19.4. The molecule has 0 atom stereocenters. The molecule has 27 heavy (non-hydrogen) atoms. The zero-order chi connectivity index (χ0) is 20.0. The molecule has 0 spiro atoms. The Bertz CT molecular complexity index is 999. The smallest absolute Gasteiger partial charge is 0.356 e. The number of rotatable bonds is 3. The second kappa shape index (κ2) is 6.32. The number of nitrogens with one attached hydrogen (secondary N) is 3. The van der Waals surface area contributed by atoms with E-state index in [1.807, 2.05) is 0 Å². The summed E-state index contributed by atoms with van der Waals surface area (Å²) in [7, 11) is 0. The topological polar surface area (TPSA) is 73.6 Å². The number of benzene rings is 1. The van der Waals surface area contributed by atoms with Gasteiger partial charge in [-0.15, -0.1) is 0 Å². The number of hydrogen-bond acceptors (Lipinski definition) is 2. The van der Waals surface area contributed by atoms with Crippen LogP contribution in [0.25, 0.3) is 22.2 Å². The summed E-state index contributed by atoms with van der Waals surface area (Å²) in [5, 5.41) is 8.61. The maximum absolute atomic E-state index is 12.8. The molecule has 1 aromatic carbocycles. The summed E-state index contributed by atoms with van der Waals surface area (Å²) in [6.45, 7) is 0.0180. The number of alkyl halides is 6. The van der Waals surface area contributed by atoms with E-state index in [-0.39, 0.29) is 16.9 Å². The molecule has 0 saturated heterocycles. The van der Waals surface area contributed by atoms with E-state index in [4.69, 9.17) is 0 Å². The highest BCUT2D eigenvalue weighted by molar-refractivity contribution is 5.99. The lowest BCUT2D eigenvalue weighted by atomic mass is 10.0. The quantitative estimate of drug-likeness (QED) is 0.587. The van der Waals surface area contributed by atoms with Crippen molar-refractivity contribution in [2.24, 2.45) is 0 Å². The van der Waals surface area contributed by atoms with Gasteiger partial charge in [0.25, 0.3) is 5.91 Å². The average Bonchev–Trinajstić information content (AvgIpc) is 3.13. The van der Waals surface area contributed by atoms with E-state index in [0.717, 1.165) is 12.1 Å². The van der Waals surface area contributed by atoms with Gasteiger partial charge in [-0.3, -0.25) is 9.89 Å². The third-order valence-corrected chi connectivity index (χ3v) is 3.96. The summed E-state index contributed by atoms with van der Waals surface area (Å²) in [6.07, 6.45) is -7.69. The van der Waals surface area contributed by atoms with Crippen LogP contribution in [0, 0.1) is 6.92 Å². The van der Waals surface area contributed by atoms with Crippen molar-refractivity contribution in [3.05, 3.63) is 41.2 Å². The molecule has 0 unspecified atom stereocenters. The van der Waals surface area contributed by atoms with Crippen molar-refractivity contribution in [3.8, 4) is 11.3 Å². The fraction of sp³-hybridized carbons (Fsp3) is 0.250. The van der Waals surface area contributed by atoms with E-state index in [0.29, 0.717) is 16.5 Å². The van der Waals surface area contributed by atoms with Crippen LogP contribution in [0.1, 0.15) is 21.6 Å². The Balaban J connectivity index is 1.94. The Morgan fingerprint density at radius 3 is 2.52 bits per heavy atom. The zero-order valence-corrected chi connectivity index (χ0v) is 13.6. The predicted molar refractivity (Wildman–Crippen MR) is 84.0 cm³/mol. The SMILES string of the molecule is Cc1c(-c2n[nH]c3cc(C(F)(F)F)ccc23)c[nH]c1C(=O)NCC(F)(F)F. The fourth-order valence-corrected chi connectivity index (χ4v) is 2.65. The van der Waals surface area contributed by atoms with Crippen LogP contribution < -0.4 is 5.32 Å². The summed E-state index contributed by atoms with van der Waals surface area (Å²) in [5.41, 5.74) is 0.201. The van der Waals surface area contributed by atoms with Crippen LogP contribution in [-0.2, 0) is 6.18 Å². The lowest BCUT2D eigenvalue weighted by molar-refractivity contribution is -0.137. The van der Waals surface area contributed by atoms with E-state index in [2.05, 4.69) is 15.2 Å². The van der Waals surface area contributed by atoms with Crippen LogP contribution in [-0.4, -0.2) is 33.8 Å². The Hall–Kier alpha value is -2.98. The monoisotopic (exact) mass is 390 g/mol. The molecule has 0 radical (unpaired) electrons. The molecule has 11 heteroatoms. The van der Waals surface area contributed by atoms with Gasteiger partial charge in [0.1, 0.15) is 17.9 Å². The van der Waals surface area contributed by atoms with Gasteiger partial charge >= 0.3 is 12.4 Å². The standard InChI is InChI=1S/C16H12F6N4O/c1-7-10(5-23-12(7)14(27)24-6-15(17,18)19)13-9-3-2-8(16(20,21)22)4-11(9)25-26-13/h2-5,23H,6H2,1H3,(H,24,27)(H,25,26). The molecule has 2 heterocycles. The molecule has 0 aliphatic carbocycles. The van der Waals surface area contributed by atoms with Crippen molar-refractivity contribution in [1.29, 1.82) is 0 Å². The number of aromatic nitrogens is 3. The lowest BCUT2D eigenvalue weighted by Gasteiger charge is -2.08. The molecule has 3 rings (SSSR count). The Morgan fingerprint density at radius 2 is 1.89 bits per heavy atom. The molecule has 144 valence electrons. The second-order valence-corrected chi connectivity index (χ2v) is 5.83.